The minimum Gasteiger partial charge on any atom is -0.481 e. The molecule has 20 heavy (non-hydrogen) atoms. The third-order valence-corrected chi connectivity index (χ3v) is 4.70. The minimum absolute atomic E-state index is 0.0110. The first kappa shape index (κ1) is 15.3. The molecule has 2 rings (SSSR count). The molecule has 0 unspecified atom stereocenters. The van der Waals surface area contributed by atoms with Crippen molar-refractivity contribution in [3.8, 4) is 0 Å². The lowest BCUT2D eigenvalue weighted by molar-refractivity contribution is -0.151. The Morgan fingerprint density at radius 2 is 1.80 bits per heavy atom. The van der Waals surface area contributed by atoms with Gasteiger partial charge in [-0.1, -0.05) is 19.3 Å². The number of carbonyl (C=O) groups is 2. The maximum atomic E-state index is 12.0. The van der Waals surface area contributed by atoms with Crippen molar-refractivity contribution in [3.05, 3.63) is 0 Å². The van der Waals surface area contributed by atoms with Gasteiger partial charge in [-0.3, -0.25) is 9.59 Å². The molecular weight excluding hydrogens is 258 g/mol. The molecule has 5 nitrogen and oxygen atoms in total. The average molecular weight is 283 g/mol. The Morgan fingerprint density at radius 1 is 1.15 bits per heavy atom. The van der Waals surface area contributed by atoms with Crippen LogP contribution in [0.2, 0.25) is 0 Å². The fraction of sp³-hybridized carbons (Fsp3) is 0.867. The largest absolute Gasteiger partial charge is 0.481 e. The summed E-state index contributed by atoms with van der Waals surface area (Å²) in [6.45, 7) is 1.75. The maximum absolute atomic E-state index is 12.0. The molecule has 5 heteroatoms. The zero-order valence-electron chi connectivity index (χ0n) is 12.0. The Hall–Kier alpha value is -1.10. The van der Waals surface area contributed by atoms with Gasteiger partial charge in [0.1, 0.15) is 0 Å². The molecule has 0 bridgehead atoms. The predicted octanol–water partition coefficient (Wildman–Crippen LogP) is 1.95. The van der Waals surface area contributed by atoms with Crippen molar-refractivity contribution in [2.75, 3.05) is 19.8 Å². The number of carboxylic acid groups (broad SMARTS) is 1. The summed E-state index contributed by atoms with van der Waals surface area (Å²) in [5.74, 6) is -0.387. The van der Waals surface area contributed by atoms with Gasteiger partial charge in [-0.2, -0.15) is 0 Å². The summed E-state index contributed by atoms with van der Waals surface area (Å²) in [5, 5.41) is 12.3. The number of hydrogen-bond acceptors (Lipinski definition) is 3. The van der Waals surface area contributed by atoms with E-state index in [4.69, 9.17) is 4.74 Å². The fourth-order valence-corrected chi connectivity index (χ4v) is 3.25. The average Bonchev–Trinajstić information content (AvgIpc) is 2.47. The van der Waals surface area contributed by atoms with Crippen LogP contribution < -0.4 is 5.32 Å². The standard InChI is InChI=1S/C15H25NO4/c17-13(10-12-4-8-20-9-5-12)16-11-15(14(18)19)6-2-1-3-7-15/h12H,1-11H2,(H,16,17)(H,18,19). The van der Waals surface area contributed by atoms with Gasteiger partial charge >= 0.3 is 5.97 Å². The van der Waals surface area contributed by atoms with Gasteiger partial charge in [0.25, 0.3) is 0 Å². The van der Waals surface area contributed by atoms with Crippen LogP contribution in [0.3, 0.4) is 0 Å². The van der Waals surface area contributed by atoms with Crippen LogP contribution in [-0.2, 0) is 14.3 Å². The van der Waals surface area contributed by atoms with Crippen molar-refractivity contribution in [3.63, 3.8) is 0 Å². The van der Waals surface area contributed by atoms with E-state index in [1.54, 1.807) is 0 Å². The predicted molar refractivity (Wildman–Crippen MR) is 74.3 cm³/mol. The van der Waals surface area contributed by atoms with E-state index in [1.165, 1.54) is 0 Å². The first-order chi connectivity index (χ1) is 9.62. The van der Waals surface area contributed by atoms with Gasteiger partial charge in [-0.15, -0.1) is 0 Å². The molecule has 0 aromatic rings. The van der Waals surface area contributed by atoms with E-state index in [0.29, 0.717) is 25.2 Å². The molecule has 0 aromatic heterocycles. The minimum atomic E-state index is -0.761. The van der Waals surface area contributed by atoms with Crippen molar-refractivity contribution in [1.82, 2.24) is 5.32 Å². The van der Waals surface area contributed by atoms with Crippen molar-refractivity contribution < 1.29 is 19.4 Å². The van der Waals surface area contributed by atoms with Crippen LogP contribution in [0.1, 0.15) is 51.4 Å². The number of nitrogens with one attached hydrogen (secondary N) is 1. The van der Waals surface area contributed by atoms with Gasteiger partial charge in [0.05, 0.1) is 5.41 Å². The van der Waals surface area contributed by atoms with Crippen LogP contribution in [0.15, 0.2) is 0 Å². The molecule has 0 radical (unpaired) electrons. The van der Waals surface area contributed by atoms with Gasteiger partial charge in [-0.05, 0) is 31.6 Å². The number of carbonyl (C=O) groups excluding carboxylic acids is 1. The monoisotopic (exact) mass is 283 g/mol. The molecule has 114 valence electrons. The topological polar surface area (TPSA) is 75.6 Å². The van der Waals surface area contributed by atoms with Crippen LogP contribution >= 0.6 is 0 Å². The van der Waals surface area contributed by atoms with E-state index < -0.39 is 11.4 Å². The molecule has 2 aliphatic rings. The molecule has 0 atom stereocenters. The molecule has 1 amide bonds. The summed E-state index contributed by atoms with van der Waals surface area (Å²) in [6, 6.07) is 0. The number of aliphatic carboxylic acids is 1. The van der Waals surface area contributed by atoms with Crippen molar-refractivity contribution in [2.24, 2.45) is 11.3 Å². The third kappa shape index (κ3) is 3.95. The van der Waals surface area contributed by atoms with E-state index in [0.717, 1.165) is 45.3 Å². The molecule has 0 aromatic carbocycles. The zero-order chi connectivity index (χ0) is 14.4. The Morgan fingerprint density at radius 3 is 2.40 bits per heavy atom. The molecule has 1 aliphatic carbocycles. The Bertz CT molecular complexity index is 344. The molecule has 2 fully saturated rings. The maximum Gasteiger partial charge on any atom is 0.311 e. The highest BCUT2D eigenvalue weighted by atomic mass is 16.5. The molecule has 1 saturated carbocycles. The van der Waals surface area contributed by atoms with Crippen LogP contribution in [0.4, 0.5) is 0 Å². The summed E-state index contributed by atoms with van der Waals surface area (Å²) >= 11 is 0. The van der Waals surface area contributed by atoms with Crippen molar-refractivity contribution in [1.29, 1.82) is 0 Å². The smallest absolute Gasteiger partial charge is 0.311 e. The number of carboxylic acids is 1. The quantitative estimate of drug-likeness (QED) is 0.808. The second-order valence-corrected chi connectivity index (χ2v) is 6.18. The van der Waals surface area contributed by atoms with Gasteiger partial charge in [0.2, 0.25) is 5.91 Å². The molecule has 1 saturated heterocycles. The Labute approximate surface area is 120 Å². The first-order valence-electron chi connectivity index (χ1n) is 7.70. The zero-order valence-corrected chi connectivity index (χ0v) is 12.0. The number of hydrogen-bond donors (Lipinski definition) is 2. The number of amides is 1. The van der Waals surface area contributed by atoms with Gasteiger partial charge < -0.3 is 15.2 Å². The van der Waals surface area contributed by atoms with E-state index in [-0.39, 0.29) is 12.5 Å². The lowest BCUT2D eigenvalue weighted by Gasteiger charge is -2.33. The number of rotatable bonds is 5. The SMILES string of the molecule is O=C(CC1CCOCC1)NCC1(C(=O)O)CCCCC1. The lowest BCUT2D eigenvalue weighted by atomic mass is 9.74. The Kier molecular flexibility index (Phi) is 5.40. The van der Waals surface area contributed by atoms with E-state index in [1.807, 2.05) is 0 Å². The van der Waals surface area contributed by atoms with Crippen LogP contribution in [0.25, 0.3) is 0 Å². The summed E-state index contributed by atoms with van der Waals surface area (Å²) in [6.07, 6.45) is 6.71. The highest BCUT2D eigenvalue weighted by Crippen LogP contribution is 2.36. The van der Waals surface area contributed by atoms with E-state index >= 15 is 0 Å². The molecule has 0 spiro atoms. The normalized spacial score (nSPS) is 23.2. The summed E-state index contributed by atoms with van der Waals surface area (Å²) in [7, 11) is 0. The second-order valence-electron chi connectivity index (χ2n) is 6.18. The highest BCUT2D eigenvalue weighted by molar-refractivity contribution is 5.79. The second kappa shape index (κ2) is 7.07. The van der Waals surface area contributed by atoms with Crippen molar-refractivity contribution >= 4 is 11.9 Å². The Balaban J connectivity index is 1.79. The molecular formula is C15H25NO4. The van der Waals surface area contributed by atoms with Gasteiger partial charge in [0.15, 0.2) is 0 Å². The number of ether oxygens (including phenoxy) is 1. The third-order valence-electron chi connectivity index (χ3n) is 4.70. The first-order valence-corrected chi connectivity index (χ1v) is 7.70. The van der Waals surface area contributed by atoms with Crippen LogP contribution in [-0.4, -0.2) is 36.7 Å². The van der Waals surface area contributed by atoms with Crippen molar-refractivity contribution in [2.45, 2.75) is 51.4 Å². The van der Waals surface area contributed by atoms with Gasteiger partial charge in [-0.25, -0.2) is 0 Å². The molecule has 1 aliphatic heterocycles. The molecule has 2 N–H and O–H groups in total. The van der Waals surface area contributed by atoms with Gasteiger partial charge in [0, 0.05) is 26.2 Å². The van der Waals surface area contributed by atoms with Crippen LogP contribution in [0, 0.1) is 11.3 Å². The van der Waals surface area contributed by atoms with E-state index in [9.17, 15) is 14.7 Å². The summed E-state index contributed by atoms with van der Waals surface area (Å²) < 4.78 is 5.27. The highest BCUT2D eigenvalue weighted by Gasteiger charge is 2.39. The van der Waals surface area contributed by atoms with Crippen LogP contribution in [0.5, 0.6) is 0 Å². The summed E-state index contributed by atoms with van der Waals surface area (Å²) in [4.78, 5) is 23.5. The fourth-order valence-electron chi connectivity index (χ4n) is 3.25. The lowest BCUT2D eigenvalue weighted by Crippen LogP contribution is -2.44. The van der Waals surface area contributed by atoms with E-state index in [2.05, 4.69) is 5.32 Å². The molecule has 1 heterocycles. The summed E-state index contributed by atoms with van der Waals surface area (Å²) in [5.41, 5.74) is -0.733.